The van der Waals surface area contributed by atoms with E-state index in [0.29, 0.717) is 25.1 Å². The third kappa shape index (κ3) is 6.85. The quantitative estimate of drug-likeness (QED) is 0.324. The molecule has 0 spiro atoms. The van der Waals surface area contributed by atoms with Crippen molar-refractivity contribution in [2.75, 3.05) is 33.3 Å². The fraction of sp³-hybridized carbons (Fsp3) is 0.455. The van der Waals surface area contributed by atoms with Crippen LogP contribution < -0.4 is 15.4 Å². The minimum Gasteiger partial charge on any atom is -0.478 e. The van der Waals surface area contributed by atoms with E-state index in [-0.39, 0.29) is 24.0 Å². The van der Waals surface area contributed by atoms with E-state index in [9.17, 15) is 0 Å². The van der Waals surface area contributed by atoms with Gasteiger partial charge in [0.05, 0.1) is 12.6 Å². The summed E-state index contributed by atoms with van der Waals surface area (Å²) in [6.07, 6.45) is 4.30. The van der Waals surface area contributed by atoms with Crippen molar-refractivity contribution in [1.82, 2.24) is 20.5 Å². The van der Waals surface area contributed by atoms with Gasteiger partial charge in [-0.15, -0.1) is 24.0 Å². The van der Waals surface area contributed by atoms with E-state index in [0.717, 1.165) is 31.2 Å². The smallest absolute Gasteiger partial charge is 0.218 e. The normalized spacial score (nSPS) is 15.4. The molecule has 1 aliphatic rings. The minimum atomic E-state index is 0. The summed E-state index contributed by atoms with van der Waals surface area (Å²) in [7, 11) is 1.80. The molecule has 1 fully saturated rings. The fourth-order valence-electron chi connectivity index (χ4n) is 3.60. The monoisotopic (exact) mass is 509 g/mol. The molecule has 2 heterocycles. The van der Waals surface area contributed by atoms with Crippen LogP contribution in [0, 0.1) is 0 Å². The van der Waals surface area contributed by atoms with Gasteiger partial charge in [-0.3, -0.25) is 9.89 Å². The predicted octanol–water partition coefficient (Wildman–Crippen LogP) is 3.60. The van der Waals surface area contributed by atoms with Gasteiger partial charge in [0.1, 0.15) is 0 Å². The Morgan fingerprint density at radius 1 is 1.14 bits per heavy atom. The molecule has 0 bridgehead atoms. The van der Waals surface area contributed by atoms with Crippen LogP contribution in [0.4, 0.5) is 0 Å². The van der Waals surface area contributed by atoms with Crippen LogP contribution in [0.1, 0.15) is 36.9 Å². The number of rotatable bonds is 8. The molecule has 1 saturated heterocycles. The molecule has 2 aromatic rings. The molecule has 1 aromatic heterocycles. The molecular formula is C22H32IN5O. The van der Waals surface area contributed by atoms with Gasteiger partial charge in [0.25, 0.3) is 0 Å². The van der Waals surface area contributed by atoms with Crippen LogP contribution in [0.2, 0.25) is 0 Å². The maximum Gasteiger partial charge on any atom is 0.218 e. The average Bonchev–Trinajstić information content (AvgIpc) is 3.27. The number of hydrogen-bond donors (Lipinski definition) is 2. The van der Waals surface area contributed by atoms with E-state index >= 15 is 0 Å². The molecular weight excluding hydrogens is 477 g/mol. The number of aromatic nitrogens is 1. The predicted molar refractivity (Wildman–Crippen MR) is 129 cm³/mol. The molecule has 3 rings (SSSR count). The standard InChI is InChI=1S/C22H31N5O.HI/c1-3-28-21-19(12-9-13-24-21)16-25-22(23-2)26-17-20(27-14-7-8-15-27)18-10-5-4-6-11-18;/h4-6,9-13,20H,3,7-8,14-17H2,1-2H3,(H2,23,25,26);1H. The van der Waals surface area contributed by atoms with E-state index in [2.05, 4.69) is 55.8 Å². The lowest BCUT2D eigenvalue weighted by molar-refractivity contribution is 0.245. The van der Waals surface area contributed by atoms with Crippen molar-refractivity contribution in [3.8, 4) is 5.88 Å². The molecule has 0 aliphatic carbocycles. The van der Waals surface area contributed by atoms with Gasteiger partial charge in [-0.05, 0) is 44.5 Å². The van der Waals surface area contributed by atoms with Gasteiger partial charge in [0, 0.05) is 31.9 Å². The van der Waals surface area contributed by atoms with Gasteiger partial charge in [0.15, 0.2) is 5.96 Å². The molecule has 158 valence electrons. The zero-order valence-electron chi connectivity index (χ0n) is 17.3. The van der Waals surface area contributed by atoms with Crippen LogP contribution in [-0.2, 0) is 6.54 Å². The summed E-state index contributed by atoms with van der Waals surface area (Å²) in [6, 6.07) is 15.0. The van der Waals surface area contributed by atoms with Crippen molar-refractivity contribution in [3.63, 3.8) is 0 Å². The molecule has 29 heavy (non-hydrogen) atoms. The largest absolute Gasteiger partial charge is 0.478 e. The lowest BCUT2D eigenvalue weighted by Crippen LogP contribution is -2.42. The van der Waals surface area contributed by atoms with Crippen molar-refractivity contribution < 1.29 is 4.74 Å². The van der Waals surface area contributed by atoms with Gasteiger partial charge >= 0.3 is 0 Å². The highest BCUT2D eigenvalue weighted by Crippen LogP contribution is 2.24. The van der Waals surface area contributed by atoms with Crippen molar-refractivity contribution in [3.05, 3.63) is 59.8 Å². The number of nitrogens with zero attached hydrogens (tertiary/aromatic N) is 3. The third-order valence-electron chi connectivity index (χ3n) is 5.03. The second-order valence-electron chi connectivity index (χ2n) is 6.88. The van der Waals surface area contributed by atoms with E-state index < -0.39 is 0 Å². The van der Waals surface area contributed by atoms with Gasteiger partial charge in [-0.1, -0.05) is 36.4 Å². The van der Waals surface area contributed by atoms with Gasteiger partial charge in [0.2, 0.25) is 5.88 Å². The first-order chi connectivity index (χ1) is 13.8. The summed E-state index contributed by atoms with van der Waals surface area (Å²) in [5.74, 6) is 1.46. The minimum absolute atomic E-state index is 0. The number of pyridine rings is 1. The first kappa shape index (κ1) is 23.4. The molecule has 1 atom stereocenters. The Labute approximate surface area is 191 Å². The van der Waals surface area contributed by atoms with Gasteiger partial charge in [-0.25, -0.2) is 4.98 Å². The zero-order valence-corrected chi connectivity index (χ0v) is 19.6. The number of hydrogen-bond acceptors (Lipinski definition) is 4. The number of guanidine groups is 1. The van der Waals surface area contributed by atoms with Crippen LogP contribution >= 0.6 is 24.0 Å². The van der Waals surface area contributed by atoms with Gasteiger partial charge in [-0.2, -0.15) is 0 Å². The van der Waals surface area contributed by atoms with E-state index in [4.69, 9.17) is 4.74 Å². The Kier molecular flexibility index (Phi) is 10.2. The van der Waals surface area contributed by atoms with Crippen molar-refractivity contribution >= 4 is 29.9 Å². The highest BCUT2D eigenvalue weighted by molar-refractivity contribution is 14.0. The number of likely N-dealkylation sites (tertiary alicyclic amines) is 1. The Hall–Kier alpha value is -1.87. The summed E-state index contributed by atoms with van der Waals surface area (Å²) >= 11 is 0. The SMILES string of the molecule is CCOc1ncccc1CNC(=NC)NCC(c1ccccc1)N1CCCC1.I. The van der Waals surface area contributed by atoms with Crippen LogP contribution in [0.3, 0.4) is 0 Å². The molecule has 0 amide bonds. The molecule has 2 N–H and O–H groups in total. The van der Waals surface area contributed by atoms with Gasteiger partial charge < -0.3 is 15.4 Å². The molecule has 1 aromatic carbocycles. The molecule has 6 nitrogen and oxygen atoms in total. The fourth-order valence-corrected chi connectivity index (χ4v) is 3.60. The molecule has 1 unspecified atom stereocenters. The Morgan fingerprint density at radius 3 is 2.59 bits per heavy atom. The third-order valence-corrected chi connectivity index (χ3v) is 5.03. The highest BCUT2D eigenvalue weighted by atomic mass is 127. The molecule has 0 saturated carbocycles. The van der Waals surface area contributed by atoms with Crippen molar-refractivity contribution in [2.24, 2.45) is 4.99 Å². The van der Waals surface area contributed by atoms with Crippen LogP contribution in [0.25, 0.3) is 0 Å². The summed E-state index contributed by atoms with van der Waals surface area (Å²) in [4.78, 5) is 11.3. The maximum absolute atomic E-state index is 5.61. The Morgan fingerprint density at radius 2 is 1.90 bits per heavy atom. The van der Waals surface area contributed by atoms with E-state index in [1.807, 2.05) is 19.1 Å². The number of aliphatic imine (C=N–C) groups is 1. The molecule has 0 radical (unpaired) electrons. The lowest BCUT2D eigenvalue weighted by Gasteiger charge is -2.29. The number of ether oxygens (including phenoxy) is 1. The summed E-state index contributed by atoms with van der Waals surface area (Å²) in [5.41, 5.74) is 2.37. The Balaban J connectivity index is 0.00000300. The van der Waals surface area contributed by atoms with Crippen molar-refractivity contribution in [2.45, 2.75) is 32.4 Å². The molecule has 7 heteroatoms. The van der Waals surface area contributed by atoms with E-state index in [1.165, 1.54) is 18.4 Å². The average molecular weight is 509 g/mol. The maximum atomic E-state index is 5.61. The zero-order chi connectivity index (χ0) is 19.6. The number of nitrogens with one attached hydrogen (secondary N) is 2. The highest BCUT2D eigenvalue weighted by Gasteiger charge is 2.23. The Bertz CT molecular complexity index is 750. The first-order valence-corrected chi connectivity index (χ1v) is 10.1. The van der Waals surface area contributed by atoms with Crippen LogP contribution in [0.5, 0.6) is 5.88 Å². The van der Waals surface area contributed by atoms with Crippen LogP contribution in [0.15, 0.2) is 53.7 Å². The first-order valence-electron chi connectivity index (χ1n) is 10.1. The van der Waals surface area contributed by atoms with Crippen LogP contribution in [-0.4, -0.2) is 49.1 Å². The van der Waals surface area contributed by atoms with E-state index in [1.54, 1.807) is 13.2 Å². The second-order valence-corrected chi connectivity index (χ2v) is 6.88. The summed E-state index contributed by atoms with van der Waals surface area (Å²) < 4.78 is 5.61. The second kappa shape index (κ2) is 12.6. The molecule has 1 aliphatic heterocycles. The number of benzene rings is 1. The summed E-state index contributed by atoms with van der Waals surface area (Å²) in [6.45, 7) is 6.30. The number of halogens is 1. The summed E-state index contributed by atoms with van der Waals surface area (Å²) in [5, 5.41) is 6.88. The topological polar surface area (TPSA) is 61.8 Å². The lowest BCUT2D eigenvalue weighted by atomic mass is 10.1. The van der Waals surface area contributed by atoms with Crippen molar-refractivity contribution in [1.29, 1.82) is 0 Å².